The van der Waals surface area contributed by atoms with Crippen molar-refractivity contribution in [1.29, 1.82) is 0 Å². The lowest BCUT2D eigenvalue weighted by atomic mass is 10.2. The van der Waals surface area contributed by atoms with Gasteiger partial charge in [-0.25, -0.2) is 4.99 Å². The van der Waals surface area contributed by atoms with Crippen molar-refractivity contribution in [3.63, 3.8) is 0 Å². The van der Waals surface area contributed by atoms with Gasteiger partial charge in [0.15, 0.2) is 5.96 Å². The molecule has 2 rings (SSSR count). The van der Waals surface area contributed by atoms with E-state index in [-0.39, 0.29) is 36.3 Å². The zero-order valence-electron chi connectivity index (χ0n) is 12.9. The number of hydrogen-bond acceptors (Lipinski definition) is 3. The summed E-state index contributed by atoms with van der Waals surface area (Å²) in [6.07, 6.45) is 2.47. The summed E-state index contributed by atoms with van der Waals surface area (Å²) in [6, 6.07) is 12.1. The summed E-state index contributed by atoms with van der Waals surface area (Å²) in [5, 5.41) is 2.98. The van der Waals surface area contributed by atoms with E-state index >= 15 is 0 Å². The molecule has 0 fully saturated rings. The first-order chi connectivity index (χ1) is 11.1. The lowest BCUT2D eigenvalue weighted by molar-refractivity contribution is -0.0498. The molecular formula is C16H19F2IN4O. The molecule has 0 aliphatic rings. The molecule has 0 unspecified atom stereocenters. The van der Waals surface area contributed by atoms with Gasteiger partial charge < -0.3 is 15.8 Å². The van der Waals surface area contributed by atoms with E-state index in [1.165, 1.54) is 12.1 Å². The molecule has 5 nitrogen and oxygen atoms in total. The van der Waals surface area contributed by atoms with Gasteiger partial charge >= 0.3 is 6.61 Å². The highest BCUT2D eigenvalue weighted by molar-refractivity contribution is 14.0. The standard InChI is InChI=1S/C16H18F2N4O.HI/c17-15(18)23-14-6-3-4-12(10-14)11-22-16(19)21-9-7-13-5-1-2-8-20-13;/h1-6,8,10,15H,7,9,11H2,(H3,19,21,22);1H. The van der Waals surface area contributed by atoms with Crippen molar-refractivity contribution >= 4 is 29.9 Å². The van der Waals surface area contributed by atoms with Gasteiger partial charge in [0.2, 0.25) is 0 Å². The Morgan fingerprint density at radius 2 is 2.08 bits per heavy atom. The highest BCUT2D eigenvalue weighted by Gasteiger charge is 2.04. The first-order valence-corrected chi connectivity index (χ1v) is 7.11. The number of rotatable bonds is 7. The van der Waals surface area contributed by atoms with Crippen LogP contribution in [0.5, 0.6) is 5.75 Å². The minimum atomic E-state index is -2.84. The minimum absolute atomic E-state index is 0. The van der Waals surface area contributed by atoms with Crippen molar-refractivity contribution < 1.29 is 13.5 Å². The Kier molecular flexibility index (Phi) is 8.98. The van der Waals surface area contributed by atoms with Crippen LogP contribution in [0.3, 0.4) is 0 Å². The van der Waals surface area contributed by atoms with E-state index in [1.54, 1.807) is 18.3 Å². The molecule has 8 heteroatoms. The normalized spacial score (nSPS) is 11.0. The van der Waals surface area contributed by atoms with E-state index in [0.717, 1.165) is 17.7 Å². The molecule has 130 valence electrons. The summed E-state index contributed by atoms with van der Waals surface area (Å²) < 4.78 is 28.7. The van der Waals surface area contributed by atoms with Crippen LogP contribution in [0.4, 0.5) is 8.78 Å². The summed E-state index contributed by atoms with van der Waals surface area (Å²) in [7, 11) is 0. The molecule has 24 heavy (non-hydrogen) atoms. The van der Waals surface area contributed by atoms with Crippen molar-refractivity contribution in [3.05, 3.63) is 59.9 Å². The number of nitrogens with zero attached hydrogens (tertiary/aromatic N) is 2. The van der Waals surface area contributed by atoms with E-state index in [9.17, 15) is 8.78 Å². The molecule has 0 spiro atoms. The van der Waals surface area contributed by atoms with Crippen LogP contribution in [0.2, 0.25) is 0 Å². The highest BCUT2D eigenvalue weighted by Crippen LogP contribution is 2.16. The fourth-order valence-corrected chi connectivity index (χ4v) is 1.92. The second-order valence-electron chi connectivity index (χ2n) is 4.73. The average Bonchev–Trinajstić information content (AvgIpc) is 2.54. The second-order valence-corrected chi connectivity index (χ2v) is 4.73. The van der Waals surface area contributed by atoms with Gasteiger partial charge in [-0.3, -0.25) is 4.98 Å². The monoisotopic (exact) mass is 448 g/mol. The van der Waals surface area contributed by atoms with Crippen molar-refractivity contribution in [3.8, 4) is 5.75 Å². The van der Waals surface area contributed by atoms with Crippen LogP contribution in [-0.2, 0) is 13.0 Å². The summed E-state index contributed by atoms with van der Waals surface area (Å²) in [5.41, 5.74) is 7.47. The Hall–Kier alpha value is -1.97. The topological polar surface area (TPSA) is 72.5 Å². The number of pyridine rings is 1. The van der Waals surface area contributed by atoms with Crippen LogP contribution in [0, 0.1) is 0 Å². The third kappa shape index (κ3) is 7.53. The fourth-order valence-electron chi connectivity index (χ4n) is 1.92. The van der Waals surface area contributed by atoms with Crippen LogP contribution in [-0.4, -0.2) is 24.1 Å². The Morgan fingerprint density at radius 1 is 1.25 bits per heavy atom. The molecule has 1 heterocycles. The number of benzene rings is 1. The molecule has 0 bridgehead atoms. The molecule has 0 saturated carbocycles. The second kappa shape index (κ2) is 10.7. The maximum Gasteiger partial charge on any atom is 0.387 e. The van der Waals surface area contributed by atoms with E-state index in [4.69, 9.17) is 5.73 Å². The smallest absolute Gasteiger partial charge is 0.387 e. The van der Waals surface area contributed by atoms with Gasteiger partial charge in [0, 0.05) is 24.9 Å². The SMILES string of the molecule is I.NC(=NCc1cccc(OC(F)F)c1)NCCc1ccccn1. The molecule has 0 saturated heterocycles. The number of aliphatic imine (C=N–C) groups is 1. The van der Waals surface area contributed by atoms with Gasteiger partial charge in [-0.1, -0.05) is 18.2 Å². The van der Waals surface area contributed by atoms with Crippen LogP contribution >= 0.6 is 24.0 Å². The summed E-state index contributed by atoms with van der Waals surface area (Å²) in [6.45, 7) is -1.95. The number of nitrogens with two attached hydrogens (primary N) is 1. The number of hydrogen-bond donors (Lipinski definition) is 2. The number of alkyl halides is 2. The number of halogens is 3. The highest BCUT2D eigenvalue weighted by atomic mass is 127. The average molecular weight is 448 g/mol. The number of guanidine groups is 1. The Morgan fingerprint density at radius 3 is 2.79 bits per heavy atom. The van der Waals surface area contributed by atoms with Gasteiger partial charge in [0.25, 0.3) is 0 Å². The number of ether oxygens (including phenoxy) is 1. The number of nitrogens with one attached hydrogen (secondary N) is 1. The molecule has 0 aliphatic carbocycles. The Labute approximate surface area is 156 Å². The maximum atomic E-state index is 12.2. The first-order valence-electron chi connectivity index (χ1n) is 7.11. The van der Waals surface area contributed by atoms with Crippen molar-refractivity contribution in [1.82, 2.24) is 10.3 Å². The Bertz CT molecular complexity index is 641. The first kappa shape index (κ1) is 20.1. The molecule has 0 radical (unpaired) electrons. The molecule has 0 aliphatic heterocycles. The van der Waals surface area contributed by atoms with E-state index in [2.05, 4.69) is 20.0 Å². The van der Waals surface area contributed by atoms with Crippen LogP contribution < -0.4 is 15.8 Å². The molecule has 0 amide bonds. The zero-order valence-corrected chi connectivity index (χ0v) is 15.2. The fraction of sp³-hybridized carbons (Fsp3) is 0.250. The molecule has 1 aromatic heterocycles. The minimum Gasteiger partial charge on any atom is -0.435 e. The quantitative estimate of drug-likeness (QED) is 0.388. The van der Waals surface area contributed by atoms with Crippen molar-refractivity contribution in [2.24, 2.45) is 10.7 Å². The van der Waals surface area contributed by atoms with Crippen LogP contribution in [0.1, 0.15) is 11.3 Å². The van der Waals surface area contributed by atoms with Crippen LogP contribution in [0.25, 0.3) is 0 Å². The largest absolute Gasteiger partial charge is 0.435 e. The lowest BCUT2D eigenvalue weighted by Crippen LogP contribution is -2.33. The molecule has 3 N–H and O–H groups in total. The molecule has 2 aromatic rings. The van der Waals surface area contributed by atoms with Gasteiger partial charge in [-0.05, 0) is 29.8 Å². The summed E-state index contributed by atoms with van der Waals surface area (Å²) in [4.78, 5) is 8.37. The van der Waals surface area contributed by atoms with Crippen molar-refractivity contribution in [2.75, 3.05) is 6.54 Å². The zero-order chi connectivity index (χ0) is 16.5. The van der Waals surface area contributed by atoms with Gasteiger partial charge in [-0.2, -0.15) is 8.78 Å². The van der Waals surface area contributed by atoms with Gasteiger partial charge in [0.1, 0.15) is 5.75 Å². The Balaban J connectivity index is 0.00000288. The number of aromatic nitrogens is 1. The van der Waals surface area contributed by atoms with Crippen molar-refractivity contribution in [2.45, 2.75) is 19.6 Å². The predicted octanol–water partition coefficient (Wildman–Crippen LogP) is 2.95. The van der Waals surface area contributed by atoms with E-state index in [0.29, 0.717) is 12.5 Å². The predicted molar refractivity (Wildman–Crippen MR) is 99.8 cm³/mol. The maximum absolute atomic E-state index is 12.2. The molecule has 1 aromatic carbocycles. The van der Waals surface area contributed by atoms with Crippen LogP contribution in [0.15, 0.2) is 53.7 Å². The molecular weight excluding hydrogens is 429 g/mol. The summed E-state index contributed by atoms with van der Waals surface area (Å²) in [5.74, 6) is 0.399. The summed E-state index contributed by atoms with van der Waals surface area (Å²) >= 11 is 0. The molecule has 0 atom stereocenters. The lowest BCUT2D eigenvalue weighted by Gasteiger charge is -2.07. The van der Waals surface area contributed by atoms with Gasteiger partial charge in [-0.15, -0.1) is 24.0 Å². The third-order valence-electron chi connectivity index (χ3n) is 2.97. The third-order valence-corrected chi connectivity index (χ3v) is 2.97. The van der Waals surface area contributed by atoms with E-state index in [1.807, 2.05) is 18.2 Å². The van der Waals surface area contributed by atoms with Gasteiger partial charge in [0.05, 0.1) is 6.54 Å². The van der Waals surface area contributed by atoms with E-state index < -0.39 is 6.61 Å².